The molecule has 0 saturated carbocycles. The number of carbonyl (C=O) groups excluding carboxylic acids is 1. The Kier molecular flexibility index (Phi) is 3.15. The van der Waals surface area contributed by atoms with Gasteiger partial charge in [0.25, 0.3) is 0 Å². The maximum atomic E-state index is 12.8. The number of aromatic nitrogens is 2. The lowest BCUT2D eigenvalue weighted by atomic mass is 10.0. The Hall–Kier alpha value is -2.13. The number of hydrogen-bond acceptors (Lipinski definition) is 4. The summed E-state index contributed by atoms with van der Waals surface area (Å²) in [6, 6.07) is 4.34. The van der Waals surface area contributed by atoms with Crippen molar-refractivity contribution >= 4 is 27.0 Å². The van der Waals surface area contributed by atoms with Crippen LogP contribution in [0.25, 0.3) is 11.0 Å². The number of hydrogen-bond donors (Lipinski definition) is 3. The van der Waals surface area contributed by atoms with Crippen molar-refractivity contribution in [2.24, 2.45) is 0 Å². The lowest BCUT2D eigenvalue weighted by Gasteiger charge is -2.39. The minimum absolute atomic E-state index is 0.0398. The van der Waals surface area contributed by atoms with Gasteiger partial charge in [-0.25, -0.2) is 13.2 Å². The summed E-state index contributed by atoms with van der Waals surface area (Å²) in [7, 11) is -3.85. The summed E-state index contributed by atoms with van der Waals surface area (Å²) in [5.74, 6) is -0.335. The minimum atomic E-state index is -3.85. The van der Waals surface area contributed by atoms with Gasteiger partial charge in [-0.1, -0.05) is 0 Å². The lowest BCUT2D eigenvalue weighted by Crippen LogP contribution is -2.63. The summed E-state index contributed by atoms with van der Waals surface area (Å²) in [5, 5.41) is 2.66. The van der Waals surface area contributed by atoms with Crippen molar-refractivity contribution in [1.82, 2.24) is 19.6 Å². The number of aromatic amines is 2. The topological polar surface area (TPSA) is 115 Å². The molecule has 1 fully saturated rings. The van der Waals surface area contributed by atoms with Crippen molar-refractivity contribution in [2.75, 3.05) is 13.1 Å². The lowest BCUT2D eigenvalue weighted by molar-refractivity contribution is -0.131. The van der Waals surface area contributed by atoms with E-state index in [1.54, 1.807) is 13.8 Å². The average molecular weight is 324 g/mol. The van der Waals surface area contributed by atoms with Crippen molar-refractivity contribution in [1.29, 1.82) is 0 Å². The zero-order valence-electron chi connectivity index (χ0n) is 12.1. The Morgan fingerprint density at radius 2 is 1.82 bits per heavy atom. The highest BCUT2D eigenvalue weighted by Gasteiger charge is 2.44. The van der Waals surface area contributed by atoms with Crippen molar-refractivity contribution in [3.63, 3.8) is 0 Å². The molecule has 1 saturated heterocycles. The Bertz CT molecular complexity index is 910. The third kappa shape index (κ3) is 2.13. The van der Waals surface area contributed by atoms with E-state index in [9.17, 15) is 18.0 Å². The molecule has 0 radical (unpaired) electrons. The first-order chi connectivity index (χ1) is 10.2. The van der Waals surface area contributed by atoms with E-state index in [1.807, 2.05) is 0 Å². The van der Waals surface area contributed by atoms with Gasteiger partial charge in [-0.3, -0.25) is 4.79 Å². The summed E-state index contributed by atoms with van der Waals surface area (Å²) in [6.45, 7) is 3.60. The molecule has 0 aliphatic carbocycles. The standard InChI is InChI=1S/C13H16N4O4S/c1-13(2)11(18)14-5-6-17(13)22(20,21)8-3-4-9-10(7-8)16-12(19)15-9/h3-4,7H,5-6H2,1-2H3,(H,14,18)(H2,15,16,19). The highest BCUT2D eigenvalue weighted by Crippen LogP contribution is 2.27. The highest BCUT2D eigenvalue weighted by molar-refractivity contribution is 7.89. The van der Waals surface area contributed by atoms with E-state index in [0.717, 1.165) is 0 Å². The van der Waals surface area contributed by atoms with Gasteiger partial charge in [0.15, 0.2) is 0 Å². The number of piperazine rings is 1. The number of H-pyrrole nitrogens is 2. The average Bonchev–Trinajstić information content (AvgIpc) is 2.80. The van der Waals surface area contributed by atoms with E-state index in [0.29, 0.717) is 11.0 Å². The van der Waals surface area contributed by atoms with Crippen molar-refractivity contribution in [3.05, 3.63) is 28.7 Å². The zero-order chi connectivity index (χ0) is 16.1. The van der Waals surface area contributed by atoms with Gasteiger partial charge in [0.05, 0.1) is 15.9 Å². The molecule has 1 amide bonds. The second-order valence-electron chi connectivity index (χ2n) is 5.68. The van der Waals surface area contributed by atoms with Gasteiger partial charge in [-0.05, 0) is 32.0 Å². The van der Waals surface area contributed by atoms with Gasteiger partial charge in [0.1, 0.15) is 5.54 Å². The second kappa shape index (κ2) is 4.68. The fourth-order valence-electron chi connectivity index (χ4n) is 2.60. The Morgan fingerprint density at radius 3 is 2.55 bits per heavy atom. The van der Waals surface area contributed by atoms with Crippen LogP contribution in [0.5, 0.6) is 0 Å². The van der Waals surface area contributed by atoms with E-state index in [4.69, 9.17) is 0 Å². The van der Waals surface area contributed by atoms with Crippen LogP contribution in [-0.2, 0) is 14.8 Å². The first-order valence-electron chi connectivity index (χ1n) is 6.76. The number of fused-ring (bicyclic) bond motifs is 1. The van der Waals surface area contributed by atoms with E-state index < -0.39 is 21.3 Å². The summed E-state index contributed by atoms with van der Waals surface area (Å²) < 4.78 is 26.9. The maximum absolute atomic E-state index is 12.8. The number of imidazole rings is 1. The molecule has 1 aliphatic rings. The Balaban J connectivity index is 2.11. The summed E-state index contributed by atoms with van der Waals surface area (Å²) in [6.07, 6.45) is 0. The SMILES string of the molecule is CC1(C)C(=O)NCCN1S(=O)(=O)c1ccc2[nH]c(=O)[nH]c2c1. The van der Waals surface area contributed by atoms with Crippen LogP contribution in [0.3, 0.4) is 0 Å². The monoisotopic (exact) mass is 324 g/mol. The molecule has 3 N–H and O–H groups in total. The third-order valence-electron chi connectivity index (χ3n) is 3.86. The Labute approximate surface area is 126 Å². The number of rotatable bonds is 2. The summed E-state index contributed by atoms with van der Waals surface area (Å²) >= 11 is 0. The molecule has 1 aromatic heterocycles. The predicted molar refractivity (Wildman–Crippen MR) is 79.9 cm³/mol. The van der Waals surface area contributed by atoms with Crippen LogP contribution in [0.15, 0.2) is 27.9 Å². The molecule has 1 aliphatic heterocycles. The molecule has 0 bridgehead atoms. The molecule has 2 heterocycles. The smallest absolute Gasteiger partial charge is 0.323 e. The number of carbonyl (C=O) groups is 1. The molecular formula is C13H16N4O4S. The fraction of sp³-hybridized carbons (Fsp3) is 0.385. The van der Waals surface area contributed by atoms with Crippen LogP contribution in [0.4, 0.5) is 0 Å². The molecule has 2 aromatic rings. The van der Waals surface area contributed by atoms with E-state index in [1.165, 1.54) is 22.5 Å². The van der Waals surface area contributed by atoms with Gasteiger partial charge in [-0.15, -0.1) is 0 Å². The van der Waals surface area contributed by atoms with Crippen molar-refractivity contribution in [3.8, 4) is 0 Å². The van der Waals surface area contributed by atoms with Crippen LogP contribution < -0.4 is 11.0 Å². The molecule has 22 heavy (non-hydrogen) atoms. The van der Waals surface area contributed by atoms with Gasteiger partial charge < -0.3 is 15.3 Å². The summed E-state index contributed by atoms with van der Waals surface area (Å²) in [4.78, 5) is 28.4. The normalized spacial score (nSPS) is 19.3. The first-order valence-corrected chi connectivity index (χ1v) is 8.20. The maximum Gasteiger partial charge on any atom is 0.323 e. The van der Waals surface area contributed by atoms with Crippen LogP contribution in [0, 0.1) is 0 Å². The molecule has 0 unspecified atom stereocenters. The molecule has 0 spiro atoms. The van der Waals surface area contributed by atoms with Gasteiger partial charge in [-0.2, -0.15) is 4.31 Å². The van der Waals surface area contributed by atoms with Crippen LogP contribution in [0.1, 0.15) is 13.8 Å². The fourth-order valence-corrected chi connectivity index (χ4v) is 4.38. The van der Waals surface area contributed by atoms with Crippen molar-refractivity contribution < 1.29 is 13.2 Å². The molecule has 3 rings (SSSR count). The van der Waals surface area contributed by atoms with Gasteiger partial charge in [0, 0.05) is 13.1 Å². The van der Waals surface area contributed by atoms with Gasteiger partial charge in [0.2, 0.25) is 15.9 Å². The van der Waals surface area contributed by atoms with E-state index >= 15 is 0 Å². The molecule has 118 valence electrons. The highest BCUT2D eigenvalue weighted by atomic mass is 32.2. The summed E-state index contributed by atoms with van der Waals surface area (Å²) in [5.41, 5.74) is -0.635. The van der Waals surface area contributed by atoms with E-state index in [-0.39, 0.29) is 23.9 Å². The Morgan fingerprint density at radius 1 is 1.14 bits per heavy atom. The minimum Gasteiger partial charge on any atom is -0.353 e. The molecule has 9 heteroatoms. The van der Waals surface area contributed by atoms with Crippen LogP contribution >= 0.6 is 0 Å². The third-order valence-corrected chi connectivity index (χ3v) is 5.92. The number of sulfonamides is 1. The number of amides is 1. The molecule has 1 aromatic carbocycles. The first kappa shape index (κ1) is 14.8. The van der Waals surface area contributed by atoms with Crippen LogP contribution in [0.2, 0.25) is 0 Å². The second-order valence-corrected chi connectivity index (χ2v) is 7.54. The molecule has 0 atom stereocenters. The van der Waals surface area contributed by atoms with Crippen LogP contribution in [-0.4, -0.2) is 47.2 Å². The molecule has 8 nitrogen and oxygen atoms in total. The number of nitrogens with zero attached hydrogens (tertiary/aromatic N) is 1. The van der Waals surface area contributed by atoms with Gasteiger partial charge >= 0.3 is 5.69 Å². The van der Waals surface area contributed by atoms with Crippen molar-refractivity contribution in [2.45, 2.75) is 24.3 Å². The molecular weight excluding hydrogens is 308 g/mol. The predicted octanol–water partition coefficient (Wildman–Crippen LogP) is -0.245. The number of benzene rings is 1. The quantitative estimate of drug-likeness (QED) is 0.707. The largest absolute Gasteiger partial charge is 0.353 e. The van der Waals surface area contributed by atoms with E-state index in [2.05, 4.69) is 15.3 Å². The number of nitrogens with one attached hydrogen (secondary N) is 3. The zero-order valence-corrected chi connectivity index (χ0v) is 13.0.